The van der Waals surface area contributed by atoms with E-state index < -0.39 is 11.5 Å². The number of pyridine rings is 1. The van der Waals surface area contributed by atoms with Gasteiger partial charge >= 0.3 is 0 Å². The van der Waals surface area contributed by atoms with Gasteiger partial charge in [0.1, 0.15) is 23.6 Å². The third-order valence-electron chi connectivity index (χ3n) is 4.94. The van der Waals surface area contributed by atoms with Crippen molar-refractivity contribution < 1.29 is 14.3 Å². The number of aryl methyl sites for hydroxylation is 2. The lowest BCUT2D eigenvalue weighted by Gasteiger charge is -2.16. The Morgan fingerprint density at radius 2 is 2.10 bits per heavy atom. The normalized spacial score (nSPS) is 16.1. The van der Waals surface area contributed by atoms with Crippen LogP contribution in [0.2, 0.25) is 0 Å². The van der Waals surface area contributed by atoms with Gasteiger partial charge in [-0.15, -0.1) is 0 Å². The zero-order valence-corrected chi connectivity index (χ0v) is 16.5. The summed E-state index contributed by atoms with van der Waals surface area (Å²) in [5.41, 5.74) is 2.56. The first-order valence-electron chi connectivity index (χ1n) is 9.66. The van der Waals surface area contributed by atoms with Gasteiger partial charge in [0.2, 0.25) is 0 Å². The molecule has 2 aromatic heterocycles. The molecule has 0 bridgehead atoms. The summed E-state index contributed by atoms with van der Waals surface area (Å²) in [6.07, 6.45) is 5.00. The molecule has 1 unspecified atom stereocenters. The molecule has 1 aliphatic rings. The Kier molecular flexibility index (Phi) is 5.31. The average Bonchev–Trinajstić information content (AvgIpc) is 3.22. The molecule has 1 atom stereocenters. The van der Waals surface area contributed by atoms with Gasteiger partial charge in [0.25, 0.3) is 11.5 Å². The molecule has 0 aliphatic carbocycles. The van der Waals surface area contributed by atoms with Crippen LogP contribution in [-0.2, 0) is 4.74 Å². The van der Waals surface area contributed by atoms with Crippen LogP contribution in [-0.4, -0.2) is 34.6 Å². The second-order valence-electron chi connectivity index (χ2n) is 7.31. The summed E-state index contributed by atoms with van der Waals surface area (Å²) < 4.78 is 12.9. The smallest absolute Gasteiger partial charge is 0.270 e. The fraction of sp³-hybridized carbons (Fsp3) is 0.318. The van der Waals surface area contributed by atoms with Crippen LogP contribution in [0, 0.1) is 13.8 Å². The molecule has 0 spiro atoms. The first-order chi connectivity index (χ1) is 14.0. The quantitative estimate of drug-likeness (QED) is 0.720. The van der Waals surface area contributed by atoms with Crippen LogP contribution in [0.3, 0.4) is 0 Å². The molecule has 7 heteroatoms. The molecule has 3 heterocycles. The number of nitrogens with one attached hydrogen (secondary N) is 1. The maximum Gasteiger partial charge on any atom is 0.270 e. The Hall–Kier alpha value is -3.19. The zero-order valence-electron chi connectivity index (χ0n) is 16.5. The van der Waals surface area contributed by atoms with E-state index in [-0.39, 0.29) is 11.7 Å². The molecule has 1 saturated heterocycles. The van der Waals surface area contributed by atoms with Gasteiger partial charge in [-0.2, -0.15) is 0 Å². The molecule has 29 heavy (non-hydrogen) atoms. The standard InChI is InChI=1S/C22H23N3O4/c1-14-5-6-18(19(10-14)29-13-16-4-3-9-28-16)24-21(26)17-12-23-20-11-15(2)7-8-25(20)22(17)27/h5-8,10-12,16H,3-4,9,13H2,1-2H3,(H,24,26). The number of hydrogen-bond donors (Lipinski definition) is 1. The Morgan fingerprint density at radius 1 is 1.28 bits per heavy atom. The van der Waals surface area contributed by atoms with Crippen LogP contribution in [0.5, 0.6) is 5.75 Å². The number of aromatic nitrogens is 2. The van der Waals surface area contributed by atoms with Crippen molar-refractivity contribution in [3.63, 3.8) is 0 Å². The van der Waals surface area contributed by atoms with E-state index in [2.05, 4.69) is 10.3 Å². The summed E-state index contributed by atoms with van der Waals surface area (Å²) in [5, 5.41) is 2.79. The minimum atomic E-state index is -0.525. The highest BCUT2D eigenvalue weighted by molar-refractivity contribution is 6.04. The highest BCUT2D eigenvalue weighted by Gasteiger charge is 2.19. The van der Waals surface area contributed by atoms with E-state index in [0.29, 0.717) is 23.7 Å². The van der Waals surface area contributed by atoms with E-state index in [0.717, 1.165) is 30.6 Å². The maximum absolute atomic E-state index is 12.8. The van der Waals surface area contributed by atoms with Crippen molar-refractivity contribution in [1.29, 1.82) is 0 Å². The minimum absolute atomic E-state index is 0.0306. The SMILES string of the molecule is Cc1ccc(NC(=O)c2cnc3cc(C)ccn3c2=O)c(OCC2CCCO2)c1. The predicted octanol–water partition coefficient (Wildman–Crippen LogP) is 3.12. The second-order valence-corrected chi connectivity index (χ2v) is 7.31. The topological polar surface area (TPSA) is 81.9 Å². The number of hydrogen-bond acceptors (Lipinski definition) is 5. The number of rotatable bonds is 5. The highest BCUT2D eigenvalue weighted by Crippen LogP contribution is 2.27. The monoisotopic (exact) mass is 393 g/mol. The van der Waals surface area contributed by atoms with Crippen molar-refractivity contribution in [3.8, 4) is 5.75 Å². The van der Waals surface area contributed by atoms with Gasteiger partial charge in [-0.05, 0) is 62.1 Å². The van der Waals surface area contributed by atoms with Crippen molar-refractivity contribution >= 4 is 17.2 Å². The van der Waals surface area contributed by atoms with Gasteiger partial charge in [-0.1, -0.05) is 6.07 Å². The molecule has 7 nitrogen and oxygen atoms in total. The van der Waals surface area contributed by atoms with Gasteiger partial charge in [0.15, 0.2) is 0 Å². The Bertz CT molecular complexity index is 1120. The number of fused-ring (bicyclic) bond motifs is 1. The van der Waals surface area contributed by atoms with Gasteiger partial charge in [0.05, 0.1) is 11.8 Å². The Morgan fingerprint density at radius 3 is 2.90 bits per heavy atom. The molecule has 1 fully saturated rings. The van der Waals surface area contributed by atoms with E-state index in [9.17, 15) is 9.59 Å². The molecule has 150 valence electrons. The van der Waals surface area contributed by atoms with Crippen molar-refractivity contribution in [2.24, 2.45) is 0 Å². The Labute approximate surface area is 168 Å². The second kappa shape index (κ2) is 8.05. The van der Waals surface area contributed by atoms with Crippen LogP contribution in [0.4, 0.5) is 5.69 Å². The number of carbonyl (C=O) groups excluding carboxylic acids is 1. The molecule has 3 aromatic rings. The molecule has 1 aromatic carbocycles. The summed E-state index contributed by atoms with van der Waals surface area (Å²) in [7, 11) is 0. The molecule has 1 aliphatic heterocycles. The number of ether oxygens (including phenoxy) is 2. The summed E-state index contributed by atoms with van der Waals surface area (Å²) in [6.45, 7) is 5.05. The van der Waals surface area contributed by atoms with Crippen molar-refractivity contribution in [1.82, 2.24) is 9.38 Å². The molecule has 0 saturated carbocycles. The number of amides is 1. The highest BCUT2D eigenvalue weighted by atomic mass is 16.5. The van der Waals surface area contributed by atoms with Gasteiger partial charge < -0.3 is 14.8 Å². The number of benzene rings is 1. The third-order valence-corrected chi connectivity index (χ3v) is 4.94. The average molecular weight is 393 g/mol. The van der Waals surface area contributed by atoms with Crippen LogP contribution in [0.25, 0.3) is 5.65 Å². The van der Waals surface area contributed by atoms with Crippen molar-refractivity contribution in [2.45, 2.75) is 32.8 Å². The maximum atomic E-state index is 12.8. The fourth-order valence-electron chi connectivity index (χ4n) is 3.33. The summed E-state index contributed by atoms with van der Waals surface area (Å²) >= 11 is 0. The summed E-state index contributed by atoms with van der Waals surface area (Å²) in [5.74, 6) is 0.0293. The molecular weight excluding hydrogens is 370 g/mol. The summed E-state index contributed by atoms with van der Waals surface area (Å²) in [4.78, 5) is 29.8. The van der Waals surface area contributed by atoms with Crippen molar-refractivity contribution in [3.05, 3.63) is 69.8 Å². The summed E-state index contributed by atoms with van der Waals surface area (Å²) in [6, 6.07) is 9.10. The van der Waals surface area contributed by atoms with Crippen LogP contribution < -0.4 is 15.6 Å². The van der Waals surface area contributed by atoms with E-state index in [1.54, 1.807) is 24.4 Å². The fourth-order valence-corrected chi connectivity index (χ4v) is 3.33. The zero-order chi connectivity index (χ0) is 20.4. The molecule has 1 N–H and O–H groups in total. The number of nitrogens with zero attached hydrogens (tertiary/aromatic N) is 2. The number of carbonyl (C=O) groups is 1. The van der Waals surface area contributed by atoms with Crippen LogP contribution in [0.15, 0.2) is 47.5 Å². The van der Waals surface area contributed by atoms with Gasteiger partial charge in [-0.3, -0.25) is 14.0 Å². The van der Waals surface area contributed by atoms with E-state index in [4.69, 9.17) is 9.47 Å². The molecule has 0 radical (unpaired) electrons. The van der Waals surface area contributed by atoms with Gasteiger partial charge in [-0.25, -0.2) is 4.98 Å². The largest absolute Gasteiger partial charge is 0.489 e. The first kappa shape index (κ1) is 19.1. The lowest BCUT2D eigenvalue weighted by Crippen LogP contribution is -2.27. The predicted molar refractivity (Wildman–Crippen MR) is 110 cm³/mol. The van der Waals surface area contributed by atoms with Crippen LogP contribution in [0.1, 0.15) is 34.3 Å². The van der Waals surface area contributed by atoms with E-state index in [1.807, 2.05) is 26.0 Å². The lowest BCUT2D eigenvalue weighted by atomic mass is 10.2. The lowest BCUT2D eigenvalue weighted by molar-refractivity contribution is 0.0681. The van der Waals surface area contributed by atoms with Crippen molar-refractivity contribution in [2.75, 3.05) is 18.5 Å². The first-order valence-corrected chi connectivity index (χ1v) is 9.66. The molecular formula is C22H23N3O4. The minimum Gasteiger partial charge on any atom is -0.489 e. The third kappa shape index (κ3) is 4.14. The Balaban J connectivity index is 1.58. The van der Waals surface area contributed by atoms with E-state index in [1.165, 1.54) is 10.6 Å². The molecule has 4 rings (SSSR count). The van der Waals surface area contributed by atoms with Gasteiger partial charge in [0, 0.05) is 19.0 Å². The molecule has 1 amide bonds. The van der Waals surface area contributed by atoms with Crippen LogP contribution >= 0.6 is 0 Å². The van der Waals surface area contributed by atoms with E-state index >= 15 is 0 Å². The number of anilines is 1.